The third kappa shape index (κ3) is 4.48. The summed E-state index contributed by atoms with van der Waals surface area (Å²) in [7, 11) is 1.44. The summed E-state index contributed by atoms with van der Waals surface area (Å²) in [6.07, 6.45) is -4.17. The van der Waals surface area contributed by atoms with E-state index in [0.717, 1.165) is 11.6 Å². The molecule has 3 rings (SSSR count). The summed E-state index contributed by atoms with van der Waals surface area (Å²) in [6, 6.07) is 12.4. The molecule has 0 aliphatic carbocycles. The lowest BCUT2D eigenvalue weighted by Crippen LogP contribution is -2.46. The number of carbonyl (C=O) groups is 2. The smallest absolute Gasteiger partial charge is 0.416 e. The van der Waals surface area contributed by atoms with Crippen LogP contribution in [0.3, 0.4) is 0 Å². The molecular weight excluding hydrogens is 397 g/mol. The first-order valence-corrected chi connectivity index (χ1v) is 9.32. The summed E-state index contributed by atoms with van der Waals surface area (Å²) in [5.41, 5.74) is 0.0550. The summed E-state index contributed by atoms with van der Waals surface area (Å²) < 4.78 is 46.0. The van der Waals surface area contributed by atoms with Crippen LogP contribution in [0.5, 0.6) is 0 Å². The first kappa shape index (κ1) is 21.4. The van der Waals surface area contributed by atoms with Crippen molar-refractivity contribution >= 4 is 12.0 Å². The largest absolute Gasteiger partial charge is 0.462 e. The van der Waals surface area contributed by atoms with Gasteiger partial charge in [-0.2, -0.15) is 13.2 Å². The summed E-state index contributed by atoms with van der Waals surface area (Å²) in [4.78, 5) is 26.3. The summed E-state index contributed by atoms with van der Waals surface area (Å²) >= 11 is 0. The molecule has 0 bridgehead atoms. The Morgan fingerprint density at radius 1 is 1.10 bits per heavy atom. The Bertz CT molecular complexity index is 971. The molecule has 2 amide bonds. The number of hydrogen-bond donors (Lipinski definition) is 1. The molecule has 1 aliphatic rings. The van der Waals surface area contributed by atoms with Gasteiger partial charge in [0.2, 0.25) is 0 Å². The van der Waals surface area contributed by atoms with Crippen LogP contribution in [0.15, 0.2) is 65.9 Å². The first-order chi connectivity index (χ1) is 14.2. The molecule has 1 aliphatic heterocycles. The molecule has 2 aromatic carbocycles. The van der Waals surface area contributed by atoms with E-state index in [4.69, 9.17) is 4.74 Å². The molecule has 1 N–H and O–H groups in total. The Balaban J connectivity index is 1.91. The monoisotopic (exact) mass is 418 g/mol. The number of amides is 2. The fraction of sp³-hybridized carbons (Fsp3) is 0.273. The second kappa shape index (κ2) is 8.61. The second-order valence-electron chi connectivity index (χ2n) is 6.90. The van der Waals surface area contributed by atoms with Crippen LogP contribution in [0, 0.1) is 0 Å². The fourth-order valence-electron chi connectivity index (χ4n) is 3.32. The number of nitrogens with one attached hydrogen (secondary N) is 1. The van der Waals surface area contributed by atoms with Gasteiger partial charge in [0.25, 0.3) is 0 Å². The van der Waals surface area contributed by atoms with Crippen molar-refractivity contribution in [3.63, 3.8) is 0 Å². The lowest BCUT2D eigenvalue weighted by atomic mass is 9.91. The Morgan fingerprint density at radius 3 is 2.40 bits per heavy atom. The standard InChI is InChI=1S/C22H21F3N2O3/c1-14-18(20(28)30-13-12-15-8-4-3-5-9-15)19(26-21(29)27(14)2)16-10-6-7-11-17(16)22(23,24)25/h3-11,19H,12-13H2,1-2H3,(H,26,29)/t19-/m0/s1. The zero-order valence-corrected chi connectivity index (χ0v) is 16.5. The topological polar surface area (TPSA) is 58.6 Å². The van der Waals surface area contributed by atoms with Crippen molar-refractivity contribution in [3.05, 3.63) is 82.6 Å². The maximum Gasteiger partial charge on any atom is 0.416 e. The molecule has 0 saturated heterocycles. The van der Waals surface area contributed by atoms with Crippen molar-refractivity contribution in [2.45, 2.75) is 25.6 Å². The maximum atomic E-state index is 13.5. The number of urea groups is 1. The van der Waals surface area contributed by atoms with E-state index in [9.17, 15) is 22.8 Å². The van der Waals surface area contributed by atoms with Gasteiger partial charge in [0.1, 0.15) is 0 Å². The fourth-order valence-corrected chi connectivity index (χ4v) is 3.32. The molecule has 8 heteroatoms. The van der Waals surface area contributed by atoms with Gasteiger partial charge in [0.05, 0.1) is 23.8 Å². The predicted molar refractivity (Wildman–Crippen MR) is 104 cm³/mol. The van der Waals surface area contributed by atoms with Crippen LogP contribution in [0.25, 0.3) is 0 Å². The van der Waals surface area contributed by atoms with E-state index in [2.05, 4.69) is 5.32 Å². The Morgan fingerprint density at radius 2 is 1.73 bits per heavy atom. The minimum Gasteiger partial charge on any atom is -0.462 e. The van der Waals surface area contributed by atoms with Gasteiger partial charge in [0.15, 0.2) is 0 Å². The molecule has 0 aromatic heterocycles. The zero-order valence-electron chi connectivity index (χ0n) is 16.5. The molecule has 158 valence electrons. The molecule has 1 heterocycles. The van der Waals surface area contributed by atoms with Crippen LogP contribution in [0.1, 0.15) is 29.7 Å². The molecule has 2 aromatic rings. The SMILES string of the molecule is CC1=C(C(=O)OCCc2ccccc2)[C@H](c2ccccc2C(F)(F)F)NC(=O)N1C. The minimum atomic E-state index is -4.64. The highest BCUT2D eigenvalue weighted by atomic mass is 19.4. The molecule has 0 saturated carbocycles. The molecule has 0 radical (unpaired) electrons. The second-order valence-corrected chi connectivity index (χ2v) is 6.90. The van der Waals surface area contributed by atoms with Crippen LogP contribution < -0.4 is 5.32 Å². The van der Waals surface area contributed by atoms with E-state index in [-0.39, 0.29) is 23.4 Å². The number of halogens is 3. The van der Waals surface area contributed by atoms with Crippen molar-refractivity contribution in [3.8, 4) is 0 Å². The minimum absolute atomic E-state index is 0.0261. The highest BCUT2D eigenvalue weighted by Gasteiger charge is 2.41. The van der Waals surface area contributed by atoms with Crippen LogP contribution >= 0.6 is 0 Å². The van der Waals surface area contributed by atoms with E-state index in [0.29, 0.717) is 6.42 Å². The van der Waals surface area contributed by atoms with Gasteiger partial charge in [-0.15, -0.1) is 0 Å². The maximum absolute atomic E-state index is 13.5. The van der Waals surface area contributed by atoms with Crippen molar-refractivity contribution in [2.24, 2.45) is 0 Å². The number of benzene rings is 2. The summed E-state index contributed by atoms with van der Waals surface area (Å²) in [5.74, 6) is -0.766. The van der Waals surface area contributed by atoms with E-state index in [1.54, 1.807) is 0 Å². The molecule has 1 atom stereocenters. The average molecular weight is 418 g/mol. The lowest BCUT2D eigenvalue weighted by molar-refractivity contribution is -0.141. The highest BCUT2D eigenvalue weighted by Crippen LogP contribution is 2.39. The Labute approximate surface area is 172 Å². The zero-order chi connectivity index (χ0) is 21.9. The summed E-state index contributed by atoms with van der Waals surface area (Å²) in [5, 5.41) is 2.49. The van der Waals surface area contributed by atoms with Crippen LogP contribution in [0.4, 0.5) is 18.0 Å². The molecule has 0 spiro atoms. The molecule has 5 nitrogen and oxygen atoms in total. The summed E-state index contributed by atoms with van der Waals surface area (Å²) in [6.45, 7) is 1.57. The number of alkyl halides is 3. The number of ether oxygens (including phenoxy) is 1. The lowest BCUT2D eigenvalue weighted by Gasteiger charge is -2.34. The number of esters is 1. The van der Waals surface area contributed by atoms with Gasteiger partial charge >= 0.3 is 18.2 Å². The van der Waals surface area contributed by atoms with Gasteiger partial charge in [-0.05, 0) is 24.1 Å². The van der Waals surface area contributed by atoms with Crippen molar-refractivity contribution < 1.29 is 27.5 Å². The highest BCUT2D eigenvalue weighted by molar-refractivity contribution is 5.95. The van der Waals surface area contributed by atoms with Crippen LogP contribution in [-0.2, 0) is 22.1 Å². The van der Waals surface area contributed by atoms with Gasteiger partial charge < -0.3 is 15.0 Å². The number of allylic oxidation sites excluding steroid dienone is 1. The normalized spacial score (nSPS) is 17.0. The van der Waals surface area contributed by atoms with Crippen LogP contribution in [-0.4, -0.2) is 30.6 Å². The van der Waals surface area contributed by atoms with Crippen molar-refractivity contribution in [1.82, 2.24) is 10.2 Å². The van der Waals surface area contributed by atoms with E-state index in [1.807, 2.05) is 30.3 Å². The van der Waals surface area contributed by atoms with E-state index in [1.165, 1.54) is 37.1 Å². The Kier molecular flexibility index (Phi) is 6.14. The van der Waals surface area contributed by atoms with Crippen molar-refractivity contribution in [1.29, 1.82) is 0 Å². The average Bonchev–Trinajstić information content (AvgIpc) is 2.72. The van der Waals surface area contributed by atoms with E-state index >= 15 is 0 Å². The number of rotatable bonds is 5. The van der Waals surface area contributed by atoms with Gasteiger partial charge in [-0.25, -0.2) is 9.59 Å². The number of carbonyl (C=O) groups excluding carboxylic acids is 2. The molecule has 0 fully saturated rings. The predicted octanol–water partition coefficient (Wildman–Crippen LogP) is 4.46. The first-order valence-electron chi connectivity index (χ1n) is 9.32. The quantitative estimate of drug-likeness (QED) is 0.730. The Hall–Kier alpha value is -3.29. The van der Waals surface area contributed by atoms with Crippen LogP contribution in [0.2, 0.25) is 0 Å². The van der Waals surface area contributed by atoms with Crippen molar-refractivity contribution in [2.75, 3.05) is 13.7 Å². The third-order valence-corrected chi connectivity index (χ3v) is 5.02. The van der Waals surface area contributed by atoms with Gasteiger partial charge in [-0.1, -0.05) is 48.5 Å². The van der Waals surface area contributed by atoms with Gasteiger partial charge in [-0.3, -0.25) is 0 Å². The van der Waals surface area contributed by atoms with Gasteiger partial charge in [0, 0.05) is 19.2 Å². The molecule has 0 unspecified atom stereocenters. The molecule has 30 heavy (non-hydrogen) atoms. The third-order valence-electron chi connectivity index (χ3n) is 5.02. The molecular formula is C22H21F3N2O3. The number of hydrogen-bond acceptors (Lipinski definition) is 3. The number of nitrogens with zero attached hydrogens (tertiary/aromatic N) is 1. The van der Waals surface area contributed by atoms with E-state index < -0.39 is 29.8 Å².